The van der Waals surface area contributed by atoms with Gasteiger partial charge in [0.25, 0.3) is 10.0 Å². The summed E-state index contributed by atoms with van der Waals surface area (Å²) in [6, 6.07) is 15.5. The van der Waals surface area contributed by atoms with Crippen LogP contribution in [0.2, 0.25) is 0 Å². The van der Waals surface area contributed by atoms with Crippen LogP contribution in [0.3, 0.4) is 0 Å². The van der Waals surface area contributed by atoms with Gasteiger partial charge in [-0.25, -0.2) is 12.4 Å². The average molecular weight is 470 g/mol. The minimum Gasteiger partial charge on any atom is -0.361 e. The van der Waals surface area contributed by atoms with E-state index in [1.807, 2.05) is 37.4 Å². The largest absolute Gasteiger partial charge is 0.361 e. The first-order valence-corrected chi connectivity index (χ1v) is 12.1. The maximum Gasteiger partial charge on any atom is 0.268 e. The Morgan fingerprint density at radius 1 is 0.824 bits per heavy atom. The summed E-state index contributed by atoms with van der Waals surface area (Å²) in [6.45, 7) is 1.86. The Hall–Kier alpha value is -4.17. The molecule has 3 heterocycles. The Morgan fingerprint density at radius 3 is 2.32 bits per heavy atom. The Kier molecular flexibility index (Phi) is 4.16. The lowest BCUT2D eigenvalue weighted by molar-refractivity contribution is 0.0971. The lowest BCUT2D eigenvalue weighted by atomic mass is 9.89. The lowest BCUT2D eigenvalue weighted by Gasteiger charge is -2.17. The molecule has 0 saturated heterocycles. The van der Waals surface area contributed by atoms with Crippen molar-refractivity contribution in [2.75, 3.05) is 0 Å². The number of benzene rings is 2. The molecule has 34 heavy (non-hydrogen) atoms. The monoisotopic (exact) mass is 469 g/mol. The van der Waals surface area contributed by atoms with Crippen LogP contribution in [-0.4, -0.2) is 33.5 Å². The molecule has 0 atom stereocenters. The van der Waals surface area contributed by atoms with E-state index in [4.69, 9.17) is 0 Å². The molecule has 3 aromatic heterocycles. The summed E-state index contributed by atoms with van der Waals surface area (Å²) >= 11 is 0. The number of nitrogens with zero attached hydrogens (tertiary/aromatic N) is 2. The predicted octanol–water partition coefficient (Wildman–Crippen LogP) is 4.30. The highest BCUT2D eigenvalue weighted by molar-refractivity contribution is 7.90. The van der Waals surface area contributed by atoms with Crippen LogP contribution in [0, 0.1) is 6.92 Å². The van der Waals surface area contributed by atoms with Crippen LogP contribution in [-0.2, 0) is 17.1 Å². The highest BCUT2D eigenvalue weighted by Gasteiger charge is 2.40. The topological polar surface area (TPSA) is 93.9 Å². The van der Waals surface area contributed by atoms with Crippen molar-refractivity contribution in [3.05, 3.63) is 101 Å². The molecule has 1 N–H and O–H groups in total. The van der Waals surface area contributed by atoms with Crippen LogP contribution in [0.25, 0.3) is 22.0 Å². The molecule has 0 amide bonds. The van der Waals surface area contributed by atoms with E-state index in [9.17, 15) is 18.0 Å². The smallest absolute Gasteiger partial charge is 0.268 e. The zero-order valence-corrected chi connectivity index (χ0v) is 19.2. The summed E-state index contributed by atoms with van der Waals surface area (Å²) in [6.07, 6.45) is 4.86. The second-order valence-corrected chi connectivity index (χ2v) is 10.3. The van der Waals surface area contributed by atoms with Gasteiger partial charge in [0.1, 0.15) is 11.4 Å². The zero-order chi connectivity index (χ0) is 23.8. The molecule has 6 rings (SSSR count). The number of ketones is 2. The molecule has 0 radical (unpaired) electrons. The second-order valence-electron chi connectivity index (χ2n) is 8.48. The fraction of sp³-hybridized carbons (Fsp3) is 0.0769. The molecule has 2 aromatic carbocycles. The molecule has 1 aliphatic rings. The number of hydrogen-bond acceptors (Lipinski definition) is 4. The van der Waals surface area contributed by atoms with Crippen molar-refractivity contribution in [1.82, 2.24) is 13.5 Å². The van der Waals surface area contributed by atoms with Gasteiger partial charge in [-0.2, -0.15) is 0 Å². The van der Waals surface area contributed by atoms with Crippen LogP contribution in [0.5, 0.6) is 0 Å². The first kappa shape index (κ1) is 20.4. The van der Waals surface area contributed by atoms with Gasteiger partial charge < -0.3 is 9.55 Å². The molecule has 7 nitrogen and oxygen atoms in total. The van der Waals surface area contributed by atoms with Crippen molar-refractivity contribution in [1.29, 1.82) is 0 Å². The molecule has 0 fully saturated rings. The first-order valence-electron chi connectivity index (χ1n) is 10.7. The zero-order valence-electron chi connectivity index (χ0n) is 18.4. The number of aromatic nitrogens is 3. The molecular formula is C26H19N3O4S. The van der Waals surface area contributed by atoms with E-state index in [2.05, 4.69) is 4.98 Å². The Balaban J connectivity index is 1.55. The Bertz CT molecular complexity index is 1770. The third kappa shape index (κ3) is 2.66. The van der Waals surface area contributed by atoms with Gasteiger partial charge in [-0.05, 0) is 31.2 Å². The van der Waals surface area contributed by atoms with Crippen molar-refractivity contribution < 1.29 is 18.0 Å². The number of hydrogen-bond donors (Lipinski definition) is 1. The minimum atomic E-state index is -4.06. The minimum absolute atomic E-state index is 0.0499. The van der Waals surface area contributed by atoms with Gasteiger partial charge in [0.05, 0.1) is 16.0 Å². The average Bonchev–Trinajstić information content (AvgIpc) is 3.53. The van der Waals surface area contributed by atoms with Crippen LogP contribution in [0.15, 0.2) is 78.1 Å². The number of carbonyl (C=O) groups is 2. The number of nitrogens with one attached hydrogen (secondary N) is 1. The van der Waals surface area contributed by atoms with E-state index < -0.39 is 15.8 Å². The van der Waals surface area contributed by atoms with Gasteiger partial charge in [0.2, 0.25) is 5.78 Å². The highest BCUT2D eigenvalue weighted by Crippen LogP contribution is 2.39. The van der Waals surface area contributed by atoms with Gasteiger partial charge in [-0.15, -0.1) is 0 Å². The third-order valence-corrected chi connectivity index (χ3v) is 8.08. The lowest BCUT2D eigenvalue weighted by Crippen LogP contribution is -2.27. The third-order valence-electron chi connectivity index (χ3n) is 6.39. The van der Waals surface area contributed by atoms with Crippen molar-refractivity contribution in [3.63, 3.8) is 0 Å². The molecule has 0 saturated carbocycles. The maximum atomic E-state index is 13.7. The molecule has 8 heteroatoms. The van der Waals surface area contributed by atoms with Gasteiger partial charge in [0.15, 0.2) is 5.78 Å². The number of aryl methyl sites for hydroxylation is 2. The molecular weight excluding hydrogens is 450 g/mol. The Labute approximate surface area is 195 Å². The van der Waals surface area contributed by atoms with Crippen LogP contribution in [0.4, 0.5) is 0 Å². The van der Waals surface area contributed by atoms with Gasteiger partial charge >= 0.3 is 0 Å². The summed E-state index contributed by atoms with van der Waals surface area (Å²) in [5, 5.41) is 0.932. The van der Waals surface area contributed by atoms with E-state index in [-0.39, 0.29) is 33.2 Å². The van der Waals surface area contributed by atoms with Gasteiger partial charge in [0, 0.05) is 47.7 Å². The number of para-hydroxylation sites is 1. The molecule has 168 valence electrons. The summed E-state index contributed by atoms with van der Waals surface area (Å²) in [4.78, 5) is 30.6. The standard InChI is InChI=1S/C26H19N3O4S/c1-15-7-9-16(10-8-15)34(32,33)29-12-11-18-23(29)26(31)24-22(25(18)30)20(14-28(24)2)19-13-27-21-6-4-3-5-17(19)21/h3-14,27H,1-2H3. The van der Waals surface area contributed by atoms with Crippen molar-refractivity contribution in [2.45, 2.75) is 11.8 Å². The molecule has 5 aromatic rings. The second kappa shape index (κ2) is 6.91. The quantitative estimate of drug-likeness (QED) is 0.418. The normalized spacial score (nSPS) is 13.4. The van der Waals surface area contributed by atoms with Crippen LogP contribution >= 0.6 is 0 Å². The van der Waals surface area contributed by atoms with E-state index >= 15 is 0 Å². The maximum absolute atomic E-state index is 13.7. The molecule has 1 aliphatic carbocycles. The van der Waals surface area contributed by atoms with E-state index in [1.54, 1.807) is 29.9 Å². The number of fused-ring (bicyclic) bond motifs is 3. The first-order chi connectivity index (χ1) is 16.3. The molecule has 0 aliphatic heterocycles. The highest BCUT2D eigenvalue weighted by atomic mass is 32.2. The molecule has 0 unspecified atom stereocenters. The number of aromatic amines is 1. The summed E-state index contributed by atoms with van der Waals surface area (Å²) in [5.41, 5.74) is 3.69. The van der Waals surface area contributed by atoms with Crippen molar-refractivity contribution >= 4 is 32.5 Å². The molecule has 0 spiro atoms. The van der Waals surface area contributed by atoms with E-state index in [1.165, 1.54) is 24.4 Å². The number of carbonyl (C=O) groups excluding carboxylic acids is 2. The van der Waals surface area contributed by atoms with Crippen LogP contribution in [0.1, 0.15) is 37.7 Å². The molecule has 0 bridgehead atoms. The van der Waals surface area contributed by atoms with Gasteiger partial charge in [-0.1, -0.05) is 35.9 Å². The Morgan fingerprint density at radius 2 is 1.56 bits per heavy atom. The van der Waals surface area contributed by atoms with Crippen molar-refractivity contribution in [2.24, 2.45) is 7.05 Å². The predicted molar refractivity (Wildman–Crippen MR) is 128 cm³/mol. The number of H-pyrrole nitrogens is 1. The van der Waals surface area contributed by atoms with Crippen molar-refractivity contribution in [3.8, 4) is 11.1 Å². The summed E-state index contributed by atoms with van der Waals surface area (Å²) < 4.78 is 29.2. The number of rotatable bonds is 3. The fourth-order valence-corrected chi connectivity index (χ4v) is 6.07. The van der Waals surface area contributed by atoms with E-state index in [0.29, 0.717) is 5.56 Å². The van der Waals surface area contributed by atoms with E-state index in [0.717, 1.165) is 26.0 Å². The van der Waals surface area contributed by atoms with Crippen LogP contribution < -0.4 is 0 Å². The summed E-state index contributed by atoms with van der Waals surface area (Å²) in [5.74, 6) is -0.873. The fourth-order valence-electron chi connectivity index (χ4n) is 4.72. The summed E-state index contributed by atoms with van der Waals surface area (Å²) in [7, 11) is -2.37. The SMILES string of the molecule is Cc1ccc(S(=O)(=O)n2ccc3c2C(=O)c2c(c(-c4c[nH]c5ccccc45)cn2C)C3=O)cc1. The van der Waals surface area contributed by atoms with Gasteiger partial charge in [-0.3, -0.25) is 9.59 Å².